The lowest BCUT2D eigenvalue weighted by molar-refractivity contribution is -0.117. The van der Waals surface area contributed by atoms with Crippen molar-refractivity contribution in [3.8, 4) is 0 Å². The molecule has 18 heavy (non-hydrogen) atoms. The zero-order valence-corrected chi connectivity index (χ0v) is 11.0. The van der Waals surface area contributed by atoms with E-state index in [9.17, 15) is 9.59 Å². The van der Waals surface area contributed by atoms with Gasteiger partial charge in [0.1, 0.15) is 0 Å². The molecule has 0 aliphatic rings. The lowest BCUT2D eigenvalue weighted by Crippen LogP contribution is -2.36. The van der Waals surface area contributed by atoms with Gasteiger partial charge in [0.15, 0.2) is 0 Å². The quantitative estimate of drug-likeness (QED) is 0.673. The van der Waals surface area contributed by atoms with E-state index < -0.39 is 6.03 Å². The molecule has 1 aromatic rings. The maximum Gasteiger partial charge on any atom is 0.318 e. The fraction of sp³-hybridized carbons (Fsp3) is 0.333. The zero-order valence-electron chi connectivity index (χ0n) is 10.2. The molecule has 1 aromatic carbocycles. The van der Waals surface area contributed by atoms with E-state index >= 15 is 0 Å². The fourth-order valence-corrected chi connectivity index (χ4v) is 2.12. The SMILES string of the molecule is CCNCc1cccc(SCC(=O)NC(N)=O)c1. The first-order valence-corrected chi connectivity index (χ1v) is 6.62. The Labute approximate surface area is 111 Å². The minimum atomic E-state index is -0.818. The van der Waals surface area contributed by atoms with Crippen molar-refractivity contribution in [2.75, 3.05) is 12.3 Å². The highest BCUT2D eigenvalue weighted by Gasteiger charge is 2.05. The molecule has 0 aliphatic heterocycles. The van der Waals surface area contributed by atoms with Crippen LogP contribution in [-0.2, 0) is 11.3 Å². The van der Waals surface area contributed by atoms with E-state index in [1.165, 1.54) is 11.8 Å². The van der Waals surface area contributed by atoms with Crippen molar-refractivity contribution in [2.24, 2.45) is 5.73 Å². The van der Waals surface area contributed by atoms with E-state index in [4.69, 9.17) is 5.73 Å². The standard InChI is InChI=1S/C12H17N3O2S/c1-2-14-7-9-4-3-5-10(6-9)18-8-11(16)15-12(13)17/h3-6,14H,2,7-8H2,1H3,(H3,13,15,16,17). The third-order valence-corrected chi connectivity index (χ3v) is 3.10. The molecule has 1 rings (SSSR count). The highest BCUT2D eigenvalue weighted by Crippen LogP contribution is 2.18. The monoisotopic (exact) mass is 267 g/mol. The van der Waals surface area contributed by atoms with Gasteiger partial charge in [0, 0.05) is 11.4 Å². The van der Waals surface area contributed by atoms with Crippen LogP contribution in [0.1, 0.15) is 12.5 Å². The summed E-state index contributed by atoms with van der Waals surface area (Å²) in [6.45, 7) is 3.77. The number of rotatable bonds is 6. The highest BCUT2D eigenvalue weighted by atomic mass is 32.2. The lowest BCUT2D eigenvalue weighted by Gasteiger charge is -2.05. The van der Waals surface area contributed by atoms with Gasteiger partial charge in [-0.05, 0) is 24.2 Å². The fourth-order valence-electron chi connectivity index (χ4n) is 1.34. The zero-order chi connectivity index (χ0) is 13.4. The van der Waals surface area contributed by atoms with Crippen LogP contribution in [0.5, 0.6) is 0 Å². The number of amides is 3. The molecule has 0 unspecified atom stereocenters. The van der Waals surface area contributed by atoms with Crippen molar-refractivity contribution in [1.29, 1.82) is 0 Å². The molecule has 0 aromatic heterocycles. The number of nitrogens with one attached hydrogen (secondary N) is 2. The van der Waals surface area contributed by atoms with Gasteiger partial charge in [0.25, 0.3) is 0 Å². The summed E-state index contributed by atoms with van der Waals surface area (Å²) in [6.07, 6.45) is 0. The number of thioether (sulfide) groups is 1. The molecule has 0 aliphatic carbocycles. The molecule has 0 atom stereocenters. The molecule has 0 spiro atoms. The van der Waals surface area contributed by atoms with Gasteiger partial charge in [0.2, 0.25) is 5.91 Å². The first-order valence-electron chi connectivity index (χ1n) is 5.63. The summed E-state index contributed by atoms with van der Waals surface area (Å²) in [5.74, 6) is -0.210. The van der Waals surface area contributed by atoms with Gasteiger partial charge >= 0.3 is 6.03 Å². The predicted molar refractivity (Wildman–Crippen MR) is 72.3 cm³/mol. The van der Waals surface area contributed by atoms with Crippen molar-refractivity contribution >= 4 is 23.7 Å². The summed E-state index contributed by atoms with van der Waals surface area (Å²) in [5.41, 5.74) is 6.02. The molecule has 0 radical (unpaired) electrons. The van der Waals surface area contributed by atoms with Crippen LogP contribution in [0.15, 0.2) is 29.2 Å². The normalized spacial score (nSPS) is 10.1. The maximum atomic E-state index is 11.2. The number of urea groups is 1. The Balaban J connectivity index is 2.46. The molecule has 0 saturated heterocycles. The largest absolute Gasteiger partial charge is 0.351 e. The van der Waals surface area contributed by atoms with Gasteiger partial charge < -0.3 is 11.1 Å². The maximum absolute atomic E-state index is 11.2. The molecule has 0 fully saturated rings. The molecule has 0 saturated carbocycles. The second kappa shape index (κ2) is 7.73. The molecule has 98 valence electrons. The Morgan fingerprint density at radius 3 is 2.83 bits per heavy atom. The average Bonchev–Trinajstić information content (AvgIpc) is 2.33. The Morgan fingerprint density at radius 2 is 2.17 bits per heavy atom. The van der Waals surface area contributed by atoms with Gasteiger partial charge in [0.05, 0.1) is 5.75 Å². The number of carbonyl (C=O) groups excluding carboxylic acids is 2. The van der Waals surface area contributed by atoms with Crippen molar-refractivity contribution in [3.05, 3.63) is 29.8 Å². The van der Waals surface area contributed by atoms with Crippen LogP contribution in [0, 0.1) is 0 Å². The number of hydrogen-bond acceptors (Lipinski definition) is 4. The summed E-state index contributed by atoms with van der Waals surface area (Å²) < 4.78 is 0. The summed E-state index contributed by atoms with van der Waals surface area (Å²) in [7, 11) is 0. The molecule has 3 amide bonds. The van der Waals surface area contributed by atoms with Crippen molar-refractivity contribution in [3.63, 3.8) is 0 Å². The molecule has 0 bridgehead atoms. The van der Waals surface area contributed by atoms with Crippen molar-refractivity contribution in [2.45, 2.75) is 18.4 Å². The number of hydrogen-bond donors (Lipinski definition) is 3. The first kappa shape index (κ1) is 14.5. The molecule has 4 N–H and O–H groups in total. The van der Waals surface area contributed by atoms with Crippen LogP contribution >= 0.6 is 11.8 Å². The minimum absolute atomic E-state index is 0.174. The number of carbonyl (C=O) groups is 2. The number of primary amides is 1. The van der Waals surface area contributed by atoms with Crippen LogP contribution in [0.25, 0.3) is 0 Å². The summed E-state index contributed by atoms with van der Waals surface area (Å²) in [6, 6.07) is 7.10. The van der Waals surface area contributed by atoms with Gasteiger partial charge in [-0.1, -0.05) is 19.1 Å². The molecule has 0 heterocycles. The topological polar surface area (TPSA) is 84.2 Å². The van der Waals surface area contributed by atoms with E-state index in [-0.39, 0.29) is 11.7 Å². The molecule has 6 heteroatoms. The van der Waals surface area contributed by atoms with Crippen LogP contribution in [0.2, 0.25) is 0 Å². The van der Waals surface area contributed by atoms with E-state index in [1.54, 1.807) is 0 Å². The second-order valence-electron chi connectivity index (χ2n) is 3.63. The predicted octanol–water partition coefficient (Wildman–Crippen LogP) is 1.08. The van der Waals surface area contributed by atoms with Crippen LogP contribution in [0.4, 0.5) is 4.79 Å². The van der Waals surface area contributed by atoms with Crippen LogP contribution in [0.3, 0.4) is 0 Å². The molecular weight excluding hydrogens is 250 g/mol. The third kappa shape index (κ3) is 5.70. The Kier molecular flexibility index (Phi) is 6.24. The van der Waals surface area contributed by atoms with Gasteiger partial charge in [-0.3, -0.25) is 10.1 Å². The Hall–Kier alpha value is -1.53. The summed E-state index contributed by atoms with van der Waals surface area (Å²) in [4.78, 5) is 22.7. The highest BCUT2D eigenvalue weighted by molar-refractivity contribution is 8.00. The average molecular weight is 267 g/mol. The summed E-state index contributed by atoms with van der Waals surface area (Å²) in [5, 5.41) is 5.26. The van der Waals surface area contributed by atoms with Gasteiger partial charge in [-0.25, -0.2) is 4.79 Å². The molecule has 5 nitrogen and oxygen atoms in total. The third-order valence-electron chi connectivity index (χ3n) is 2.11. The lowest BCUT2D eigenvalue weighted by atomic mass is 10.2. The van der Waals surface area contributed by atoms with E-state index in [0.29, 0.717) is 0 Å². The summed E-state index contributed by atoms with van der Waals surface area (Å²) >= 11 is 1.37. The van der Waals surface area contributed by atoms with E-state index in [1.807, 2.05) is 36.5 Å². The smallest absolute Gasteiger partial charge is 0.318 e. The van der Waals surface area contributed by atoms with Crippen LogP contribution in [-0.4, -0.2) is 24.2 Å². The second-order valence-corrected chi connectivity index (χ2v) is 4.68. The van der Waals surface area contributed by atoms with E-state index in [2.05, 4.69) is 5.32 Å². The number of imide groups is 1. The van der Waals surface area contributed by atoms with E-state index in [0.717, 1.165) is 23.5 Å². The molecular formula is C12H17N3O2S. The Morgan fingerprint density at radius 1 is 1.39 bits per heavy atom. The van der Waals surface area contributed by atoms with Gasteiger partial charge in [-0.2, -0.15) is 0 Å². The number of nitrogens with two attached hydrogens (primary N) is 1. The van der Waals surface area contributed by atoms with Gasteiger partial charge in [-0.15, -0.1) is 11.8 Å². The Bertz CT molecular complexity index is 424. The van der Waals surface area contributed by atoms with Crippen LogP contribution < -0.4 is 16.4 Å². The van der Waals surface area contributed by atoms with Crippen molar-refractivity contribution < 1.29 is 9.59 Å². The number of benzene rings is 1. The first-order chi connectivity index (χ1) is 8.61. The van der Waals surface area contributed by atoms with Crippen molar-refractivity contribution in [1.82, 2.24) is 10.6 Å². The minimum Gasteiger partial charge on any atom is -0.351 e.